The number of hydrogen-bond acceptors (Lipinski definition) is 3. The van der Waals surface area contributed by atoms with Gasteiger partial charge in [0.15, 0.2) is 0 Å². The van der Waals surface area contributed by atoms with Gasteiger partial charge in [-0.25, -0.2) is 4.98 Å². The molecule has 5 heteroatoms. The molecule has 2 rings (SSSR count). The highest BCUT2D eigenvalue weighted by Crippen LogP contribution is 2.20. The van der Waals surface area contributed by atoms with Crippen LogP contribution < -0.4 is 0 Å². The summed E-state index contributed by atoms with van der Waals surface area (Å²) >= 11 is 11.6. The summed E-state index contributed by atoms with van der Waals surface area (Å²) < 4.78 is 0. The van der Waals surface area contributed by atoms with Gasteiger partial charge in [-0.1, -0.05) is 23.2 Å². The second-order valence-electron chi connectivity index (χ2n) is 3.51. The van der Waals surface area contributed by atoms with Gasteiger partial charge in [-0.3, -0.25) is 4.99 Å². The Kier molecular flexibility index (Phi) is 3.12. The maximum absolute atomic E-state index is 5.89. The molecule has 0 unspecified atom stereocenters. The molecule has 3 nitrogen and oxygen atoms in total. The van der Waals surface area contributed by atoms with E-state index in [2.05, 4.69) is 14.9 Å². The van der Waals surface area contributed by atoms with Gasteiger partial charge in [0.2, 0.25) is 0 Å². The Hall–Kier alpha value is -0.800. The van der Waals surface area contributed by atoms with Crippen molar-refractivity contribution < 1.29 is 0 Å². The van der Waals surface area contributed by atoms with Gasteiger partial charge in [-0.2, -0.15) is 0 Å². The fourth-order valence-corrected chi connectivity index (χ4v) is 1.80. The molecule has 1 aliphatic rings. The van der Waals surface area contributed by atoms with E-state index in [1.165, 1.54) is 0 Å². The molecule has 0 amide bonds. The minimum Gasteiger partial charge on any atom is -0.361 e. The Morgan fingerprint density at radius 1 is 1.47 bits per heavy atom. The number of amidine groups is 1. The van der Waals surface area contributed by atoms with E-state index in [0.29, 0.717) is 10.2 Å². The molecule has 0 saturated heterocycles. The van der Waals surface area contributed by atoms with Crippen molar-refractivity contribution in [3.05, 3.63) is 28.0 Å². The number of rotatable bonds is 2. The predicted octanol–water partition coefficient (Wildman–Crippen LogP) is 2.27. The van der Waals surface area contributed by atoms with Gasteiger partial charge >= 0.3 is 0 Å². The van der Waals surface area contributed by atoms with E-state index in [1.807, 2.05) is 13.1 Å². The maximum atomic E-state index is 5.89. The van der Waals surface area contributed by atoms with Crippen molar-refractivity contribution >= 4 is 29.0 Å². The molecular formula is C10H11Cl2N3. The number of likely N-dealkylation sites (N-methyl/N-ethyl adjacent to an activating group) is 1. The van der Waals surface area contributed by atoms with Crippen LogP contribution in [-0.2, 0) is 6.42 Å². The molecule has 1 aromatic heterocycles. The van der Waals surface area contributed by atoms with E-state index in [0.717, 1.165) is 30.9 Å². The topological polar surface area (TPSA) is 28.5 Å². The third kappa shape index (κ3) is 2.41. The summed E-state index contributed by atoms with van der Waals surface area (Å²) in [5.41, 5.74) is 1.04. The van der Waals surface area contributed by atoms with E-state index >= 15 is 0 Å². The Balaban J connectivity index is 2.14. The number of aromatic nitrogens is 1. The first-order valence-electron chi connectivity index (χ1n) is 4.71. The lowest BCUT2D eigenvalue weighted by Gasteiger charge is -2.13. The zero-order valence-electron chi connectivity index (χ0n) is 8.37. The van der Waals surface area contributed by atoms with Gasteiger partial charge in [0.25, 0.3) is 0 Å². The summed E-state index contributed by atoms with van der Waals surface area (Å²) in [6.07, 6.45) is 2.50. The summed E-state index contributed by atoms with van der Waals surface area (Å²) in [6.45, 7) is 1.87. The zero-order valence-corrected chi connectivity index (χ0v) is 9.89. The molecule has 80 valence electrons. The lowest BCUT2D eigenvalue weighted by Crippen LogP contribution is -2.24. The highest BCUT2D eigenvalue weighted by atomic mass is 35.5. The number of hydrogen-bond donors (Lipinski definition) is 0. The Morgan fingerprint density at radius 3 is 2.87 bits per heavy atom. The van der Waals surface area contributed by atoms with Crippen LogP contribution in [0, 0.1) is 0 Å². The van der Waals surface area contributed by atoms with E-state index in [-0.39, 0.29) is 0 Å². The van der Waals surface area contributed by atoms with Crippen molar-refractivity contribution in [1.82, 2.24) is 9.88 Å². The van der Waals surface area contributed by atoms with Crippen LogP contribution in [-0.4, -0.2) is 35.9 Å². The second-order valence-corrected chi connectivity index (χ2v) is 4.28. The highest BCUT2D eigenvalue weighted by molar-refractivity contribution is 6.41. The van der Waals surface area contributed by atoms with Crippen LogP contribution in [0.2, 0.25) is 10.2 Å². The van der Waals surface area contributed by atoms with Crippen molar-refractivity contribution in [3.63, 3.8) is 0 Å². The van der Waals surface area contributed by atoms with E-state index in [4.69, 9.17) is 23.2 Å². The summed E-state index contributed by atoms with van der Waals surface area (Å²) in [7, 11) is 2.04. The highest BCUT2D eigenvalue weighted by Gasteiger charge is 2.13. The minimum absolute atomic E-state index is 0.349. The Bertz CT molecular complexity index is 404. The Labute approximate surface area is 98.7 Å². The van der Waals surface area contributed by atoms with E-state index in [1.54, 1.807) is 6.20 Å². The fraction of sp³-hybridized carbons (Fsp3) is 0.400. The van der Waals surface area contributed by atoms with Crippen LogP contribution in [0.5, 0.6) is 0 Å². The standard InChI is InChI=1S/C10H11Cl2N3/c1-15-3-2-13-9(15)5-7-4-8(11)10(12)14-6-7/h4,6H,2-3,5H2,1H3. The van der Waals surface area contributed by atoms with Crippen molar-refractivity contribution in [2.45, 2.75) is 6.42 Å². The van der Waals surface area contributed by atoms with Gasteiger partial charge in [0.05, 0.1) is 11.6 Å². The Morgan fingerprint density at radius 2 is 2.27 bits per heavy atom. The summed E-state index contributed by atoms with van der Waals surface area (Å²) in [6, 6.07) is 1.84. The van der Waals surface area contributed by atoms with Crippen molar-refractivity contribution in [2.24, 2.45) is 4.99 Å². The average Bonchev–Trinajstić information content (AvgIpc) is 2.59. The number of nitrogens with zero attached hydrogens (tertiary/aromatic N) is 3. The van der Waals surface area contributed by atoms with Crippen LogP contribution >= 0.6 is 23.2 Å². The average molecular weight is 244 g/mol. The molecule has 2 heterocycles. The van der Waals surface area contributed by atoms with Crippen LogP contribution in [0.25, 0.3) is 0 Å². The van der Waals surface area contributed by atoms with Crippen LogP contribution in [0.4, 0.5) is 0 Å². The normalized spacial score (nSPS) is 15.7. The van der Waals surface area contributed by atoms with E-state index in [9.17, 15) is 0 Å². The zero-order chi connectivity index (χ0) is 10.8. The second kappa shape index (κ2) is 4.37. The number of halogens is 2. The molecule has 0 saturated carbocycles. The molecule has 0 radical (unpaired) electrons. The maximum Gasteiger partial charge on any atom is 0.147 e. The quantitative estimate of drug-likeness (QED) is 0.746. The smallest absolute Gasteiger partial charge is 0.147 e. The number of aliphatic imine (C=N–C) groups is 1. The van der Waals surface area contributed by atoms with Gasteiger partial charge in [-0.15, -0.1) is 0 Å². The van der Waals surface area contributed by atoms with Crippen molar-refractivity contribution in [3.8, 4) is 0 Å². The van der Waals surface area contributed by atoms with Crippen molar-refractivity contribution in [1.29, 1.82) is 0 Å². The van der Waals surface area contributed by atoms with Crippen LogP contribution in [0.15, 0.2) is 17.3 Å². The largest absolute Gasteiger partial charge is 0.361 e. The predicted molar refractivity (Wildman–Crippen MR) is 62.9 cm³/mol. The lowest BCUT2D eigenvalue weighted by atomic mass is 10.2. The molecule has 0 N–H and O–H groups in total. The van der Waals surface area contributed by atoms with Crippen molar-refractivity contribution in [2.75, 3.05) is 20.1 Å². The minimum atomic E-state index is 0.349. The van der Waals surface area contributed by atoms with Gasteiger partial charge in [0, 0.05) is 26.2 Å². The summed E-state index contributed by atoms with van der Waals surface area (Å²) in [5.74, 6) is 1.08. The summed E-state index contributed by atoms with van der Waals surface area (Å²) in [4.78, 5) is 10.5. The fourth-order valence-electron chi connectivity index (χ4n) is 1.51. The molecule has 0 aromatic carbocycles. The summed E-state index contributed by atoms with van der Waals surface area (Å²) in [5, 5.41) is 0.845. The monoisotopic (exact) mass is 243 g/mol. The molecule has 0 atom stereocenters. The molecule has 1 aromatic rings. The SMILES string of the molecule is CN1CCN=C1Cc1cnc(Cl)c(Cl)c1. The molecule has 0 aliphatic carbocycles. The van der Waals surface area contributed by atoms with Crippen LogP contribution in [0.3, 0.4) is 0 Å². The molecule has 0 bridgehead atoms. The van der Waals surface area contributed by atoms with Crippen LogP contribution in [0.1, 0.15) is 5.56 Å². The molecule has 0 spiro atoms. The molecular weight excluding hydrogens is 233 g/mol. The van der Waals surface area contributed by atoms with Gasteiger partial charge in [-0.05, 0) is 11.6 Å². The lowest BCUT2D eigenvalue weighted by molar-refractivity contribution is 0.548. The first kappa shape index (κ1) is 10.7. The molecule has 15 heavy (non-hydrogen) atoms. The third-order valence-electron chi connectivity index (χ3n) is 2.39. The number of pyridine rings is 1. The van der Waals surface area contributed by atoms with Gasteiger partial charge in [0.1, 0.15) is 11.0 Å². The molecule has 0 fully saturated rings. The first-order valence-corrected chi connectivity index (χ1v) is 5.47. The first-order chi connectivity index (χ1) is 7.16. The van der Waals surface area contributed by atoms with Gasteiger partial charge < -0.3 is 4.90 Å². The molecule has 1 aliphatic heterocycles. The van der Waals surface area contributed by atoms with E-state index < -0.39 is 0 Å². The third-order valence-corrected chi connectivity index (χ3v) is 3.07.